The highest BCUT2D eigenvalue weighted by Gasteiger charge is 2.70. The van der Waals surface area contributed by atoms with Crippen LogP contribution in [0.2, 0.25) is 0 Å². The summed E-state index contributed by atoms with van der Waals surface area (Å²) in [7, 11) is 0. The Balaban J connectivity index is 1.86. The molecule has 3 nitrogen and oxygen atoms in total. The zero-order valence-corrected chi connectivity index (χ0v) is 15.2. The van der Waals surface area contributed by atoms with Crippen molar-refractivity contribution >= 4 is 22.7 Å². The lowest BCUT2D eigenvalue weighted by Crippen LogP contribution is -2.59. The average molecular weight is 354 g/mol. The van der Waals surface area contributed by atoms with Crippen molar-refractivity contribution in [1.29, 1.82) is 0 Å². The van der Waals surface area contributed by atoms with Crippen molar-refractivity contribution in [2.45, 2.75) is 24.7 Å². The first kappa shape index (κ1) is 15.2. The highest BCUT2D eigenvalue weighted by Crippen LogP contribution is 2.66. The molecule has 4 aliphatic rings. The van der Waals surface area contributed by atoms with E-state index in [0.29, 0.717) is 0 Å². The molecule has 0 N–H and O–H groups in total. The quantitative estimate of drug-likeness (QED) is 0.451. The fourth-order valence-electron chi connectivity index (χ4n) is 6.23. The highest BCUT2D eigenvalue weighted by molar-refractivity contribution is 6.03. The minimum absolute atomic E-state index is 0.382. The van der Waals surface area contributed by atoms with Crippen LogP contribution in [0.5, 0.6) is 0 Å². The molecule has 0 saturated carbocycles. The Kier molecular flexibility index (Phi) is 2.51. The third kappa shape index (κ3) is 1.45. The Morgan fingerprint density at radius 1 is 0.704 bits per heavy atom. The number of fused-ring (bicyclic) bond motifs is 1. The Morgan fingerprint density at radius 3 is 2.04 bits per heavy atom. The highest BCUT2D eigenvalue weighted by atomic mass is 16.6. The van der Waals surface area contributed by atoms with E-state index < -0.39 is 22.7 Å². The van der Waals surface area contributed by atoms with Crippen molar-refractivity contribution in [1.82, 2.24) is 0 Å². The molecule has 3 heteroatoms. The molecule has 2 bridgehead atoms. The maximum atomic E-state index is 12.9. The van der Waals surface area contributed by atoms with E-state index in [2.05, 4.69) is 50.2 Å². The van der Waals surface area contributed by atoms with Gasteiger partial charge in [-0.3, -0.25) is 9.59 Å². The van der Waals surface area contributed by atoms with Gasteiger partial charge in [-0.05, 0) is 33.0 Å². The van der Waals surface area contributed by atoms with Crippen LogP contribution in [0.4, 0.5) is 0 Å². The van der Waals surface area contributed by atoms with Gasteiger partial charge in [0.15, 0.2) is 0 Å². The zero-order chi connectivity index (χ0) is 18.6. The molecule has 132 valence electrons. The Morgan fingerprint density at radius 2 is 1.30 bits per heavy atom. The normalized spacial score (nSPS) is 32.8. The van der Waals surface area contributed by atoms with E-state index in [1.165, 1.54) is 5.56 Å². The first-order chi connectivity index (χ1) is 13.0. The van der Waals surface area contributed by atoms with E-state index in [9.17, 15) is 9.59 Å². The van der Waals surface area contributed by atoms with Crippen LogP contribution in [0, 0.1) is 11.8 Å². The largest absolute Gasteiger partial charge is 0.393 e. The Bertz CT molecular complexity index is 1190. The third-order valence-corrected chi connectivity index (χ3v) is 7.34. The molecule has 0 aromatic heterocycles. The van der Waals surface area contributed by atoms with Gasteiger partial charge in [0, 0.05) is 10.8 Å². The lowest BCUT2D eigenvalue weighted by atomic mass is 9.42. The number of rotatable bonds is 0. The van der Waals surface area contributed by atoms with Crippen LogP contribution in [0.3, 0.4) is 0 Å². The predicted octanol–water partition coefficient (Wildman–Crippen LogP) is 4.09. The molecule has 1 fully saturated rings. The molecule has 1 heterocycles. The van der Waals surface area contributed by atoms with Gasteiger partial charge in [-0.2, -0.15) is 0 Å². The van der Waals surface area contributed by atoms with Gasteiger partial charge in [0.05, 0.1) is 11.8 Å². The van der Waals surface area contributed by atoms with Gasteiger partial charge in [0.2, 0.25) is 0 Å². The summed E-state index contributed by atoms with van der Waals surface area (Å²) >= 11 is 0. The Labute approximate surface area is 157 Å². The number of esters is 2. The molecule has 0 amide bonds. The lowest BCUT2D eigenvalue weighted by Gasteiger charge is -2.57. The van der Waals surface area contributed by atoms with E-state index in [0.717, 1.165) is 27.5 Å². The van der Waals surface area contributed by atoms with Crippen molar-refractivity contribution in [2.24, 2.45) is 11.8 Å². The van der Waals surface area contributed by atoms with Gasteiger partial charge in [-0.25, -0.2) is 0 Å². The second-order valence-electron chi connectivity index (χ2n) is 8.36. The van der Waals surface area contributed by atoms with E-state index in [1.54, 1.807) is 0 Å². The van der Waals surface area contributed by atoms with Crippen molar-refractivity contribution < 1.29 is 14.3 Å². The Hall–Kier alpha value is -2.94. The number of carbonyl (C=O) groups is 2. The topological polar surface area (TPSA) is 43.4 Å². The van der Waals surface area contributed by atoms with Gasteiger partial charge >= 0.3 is 11.9 Å². The van der Waals surface area contributed by atoms with Crippen LogP contribution >= 0.6 is 0 Å². The summed E-state index contributed by atoms with van der Waals surface area (Å²) in [5, 5.41) is 2.31. The second kappa shape index (κ2) is 4.48. The number of hydrogen-bond donors (Lipinski definition) is 0. The first-order valence-corrected chi connectivity index (χ1v) is 9.37. The minimum atomic E-state index is -0.585. The van der Waals surface area contributed by atoms with E-state index in [1.807, 2.05) is 24.3 Å². The van der Waals surface area contributed by atoms with Crippen molar-refractivity contribution in [3.05, 3.63) is 82.9 Å². The summed E-state index contributed by atoms with van der Waals surface area (Å²) in [5.74, 6) is -1.72. The van der Waals surface area contributed by atoms with Gasteiger partial charge in [-0.1, -0.05) is 74.5 Å². The molecular formula is C24H18O3. The summed E-state index contributed by atoms with van der Waals surface area (Å²) < 4.78 is 5.22. The van der Waals surface area contributed by atoms with Crippen LogP contribution < -0.4 is 0 Å². The first-order valence-electron chi connectivity index (χ1n) is 9.37. The van der Waals surface area contributed by atoms with Crippen LogP contribution in [0.1, 0.15) is 36.1 Å². The van der Waals surface area contributed by atoms with Gasteiger partial charge in [-0.15, -0.1) is 0 Å². The van der Waals surface area contributed by atoms with E-state index in [4.69, 9.17) is 4.74 Å². The molecule has 7 rings (SSSR count). The summed E-state index contributed by atoms with van der Waals surface area (Å²) in [6.07, 6.45) is 0. The minimum Gasteiger partial charge on any atom is -0.393 e. The standard InChI is InChI=1S/C24H18O3/c1-23-15-9-5-6-10-16(15)24(2,20-19(23)21(25)27-22(20)26)18-14-8-4-3-7-13(14)11-12-17(18)23/h3-12,19-20H,1-2H3. The molecule has 1 saturated heterocycles. The van der Waals surface area contributed by atoms with Crippen molar-refractivity contribution in [3.63, 3.8) is 0 Å². The average Bonchev–Trinajstić information content (AvgIpc) is 3.00. The lowest BCUT2D eigenvalue weighted by molar-refractivity contribution is -0.154. The summed E-state index contributed by atoms with van der Waals surface area (Å²) in [5.41, 5.74) is 3.46. The summed E-state index contributed by atoms with van der Waals surface area (Å²) in [4.78, 5) is 25.7. The molecule has 27 heavy (non-hydrogen) atoms. The molecular weight excluding hydrogens is 336 g/mol. The van der Waals surface area contributed by atoms with Gasteiger partial charge < -0.3 is 4.74 Å². The summed E-state index contributed by atoms with van der Waals surface area (Å²) in [6, 6.07) is 20.8. The smallest absolute Gasteiger partial charge is 0.318 e. The molecule has 1 aliphatic heterocycles. The van der Waals surface area contributed by atoms with Crippen LogP contribution in [0.15, 0.2) is 60.7 Å². The fourth-order valence-corrected chi connectivity index (χ4v) is 6.23. The monoisotopic (exact) mass is 354 g/mol. The number of cyclic esters (lactones) is 2. The summed E-state index contributed by atoms with van der Waals surface area (Å²) in [6.45, 7) is 4.23. The predicted molar refractivity (Wildman–Crippen MR) is 101 cm³/mol. The second-order valence-corrected chi connectivity index (χ2v) is 8.36. The van der Waals surface area contributed by atoms with Crippen molar-refractivity contribution in [2.75, 3.05) is 0 Å². The van der Waals surface area contributed by atoms with Crippen LogP contribution in [0.25, 0.3) is 10.8 Å². The van der Waals surface area contributed by atoms with Crippen LogP contribution in [-0.2, 0) is 25.2 Å². The molecule has 4 atom stereocenters. The number of carbonyl (C=O) groups excluding carboxylic acids is 2. The molecule has 3 aliphatic carbocycles. The van der Waals surface area contributed by atoms with E-state index in [-0.39, 0.29) is 11.9 Å². The third-order valence-electron chi connectivity index (χ3n) is 7.34. The maximum absolute atomic E-state index is 12.9. The van der Waals surface area contributed by atoms with Gasteiger partial charge in [0.25, 0.3) is 0 Å². The molecule has 4 unspecified atom stereocenters. The molecule has 3 aromatic carbocycles. The molecule has 0 spiro atoms. The SMILES string of the molecule is CC12c3ccccc3C(C)(c3c1ccc1ccccc31)C1C(=O)OC(=O)C12. The van der Waals surface area contributed by atoms with Crippen molar-refractivity contribution in [3.8, 4) is 0 Å². The van der Waals surface area contributed by atoms with Gasteiger partial charge in [0.1, 0.15) is 0 Å². The molecule has 3 aromatic rings. The zero-order valence-electron chi connectivity index (χ0n) is 15.2. The number of benzene rings is 3. The number of ether oxygens (including phenoxy) is 1. The fraction of sp³-hybridized carbons (Fsp3) is 0.250. The van der Waals surface area contributed by atoms with Crippen LogP contribution in [-0.4, -0.2) is 11.9 Å². The maximum Gasteiger partial charge on any atom is 0.318 e. The van der Waals surface area contributed by atoms with E-state index >= 15 is 0 Å². The molecule has 0 radical (unpaired) electrons. The number of hydrogen-bond acceptors (Lipinski definition) is 3.